The van der Waals surface area contributed by atoms with Gasteiger partial charge in [0.25, 0.3) is 5.56 Å². The summed E-state index contributed by atoms with van der Waals surface area (Å²) in [5, 5.41) is 3.85. The number of carbonyl (C=O) groups excluding carboxylic acids is 1. The highest BCUT2D eigenvalue weighted by molar-refractivity contribution is 8.00. The van der Waals surface area contributed by atoms with E-state index in [0.717, 1.165) is 35.0 Å². The number of thioether (sulfide) groups is 1. The lowest BCUT2D eigenvalue weighted by atomic mass is 10.1. The number of aromatic nitrogens is 2. The number of aryl methyl sites for hydroxylation is 3. The second-order valence-electron chi connectivity index (χ2n) is 7.98. The first kappa shape index (κ1) is 23.6. The van der Waals surface area contributed by atoms with Gasteiger partial charge in [0.05, 0.1) is 24.9 Å². The second-order valence-corrected chi connectivity index (χ2v) is 10.4. The van der Waals surface area contributed by atoms with Gasteiger partial charge in [0.1, 0.15) is 4.83 Å². The van der Waals surface area contributed by atoms with Crippen LogP contribution in [0.4, 0.5) is 0 Å². The highest BCUT2D eigenvalue weighted by Crippen LogP contribution is 2.36. The molecule has 0 aliphatic heterocycles. The summed E-state index contributed by atoms with van der Waals surface area (Å²) in [7, 11) is 3.22. The smallest absolute Gasteiger partial charge is 0.263 e. The van der Waals surface area contributed by atoms with Crippen LogP contribution in [-0.2, 0) is 30.6 Å². The van der Waals surface area contributed by atoms with Crippen molar-refractivity contribution in [1.29, 1.82) is 0 Å². The summed E-state index contributed by atoms with van der Waals surface area (Å²) in [4.78, 5) is 33.0. The minimum Gasteiger partial charge on any atom is -0.493 e. The summed E-state index contributed by atoms with van der Waals surface area (Å²) in [5.41, 5.74) is 2.19. The maximum Gasteiger partial charge on any atom is 0.263 e. The summed E-state index contributed by atoms with van der Waals surface area (Å²) in [6.07, 6.45) is 3.67. The maximum atomic E-state index is 13.7. The number of hydrogen-bond donors (Lipinski definition) is 1. The summed E-state index contributed by atoms with van der Waals surface area (Å²) in [6, 6.07) is 5.78. The van der Waals surface area contributed by atoms with Crippen molar-refractivity contribution in [1.82, 2.24) is 14.9 Å². The second kappa shape index (κ2) is 10.2. The number of benzene rings is 1. The van der Waals surface area contributed by atoms with Crippen molar-refractivity contribution in [3.63, 3.8) is 0 Å². The summed E-state index contributed by atoms with van der Waals surface area (Å²) in [6.45, 7) is 4.78. The molecule has 0 saturated carbocycles. The largest absolute Gasteiger partial charge is 0.493 e. The normalized spacial score (nSPS) is 13.7. The fraction of sp³-hybridized carbons (Fsp3) is 0.458. The molecule has 1 amide bonds. The Bertz CT molecular complexity index is 1230. The van der Waals surface area contributed by atoms with E-state index in [9.17, 15) is 9.59 Å². The van der Waals surface area contributed by atoms with E-state index < -0.39 is 0 Å². The monoisotopic (exact) mass is 487 g/mol. The van der Waals surface area contributed by atoms with Gasteiger partial charge >= 0.3 is 0 Å². The lowest BCUT2D eigenvalue weighted by Crippen LogP contribution is -2.32. The van der Waals surface area contributed by atoms with Crippen LogP contribution >= 0.6 is 23.1 Å². The average Bonchev–Trinajstić information content (AvgIpc) is 3.39. The Morgan fingerprint density at radius 2 is 2.06 bits per heavy atom. The summed E-state index contributed by atoms with van der Waals surface area (Å²) < 4.78 is 12.5. The van der Waals surface area contributed by atoms with E-state index in [-0.39, 0.29) is 16.7 Å². The van der Waals surface area contributed by atoms with E-state index in [1.807, 2.05) is 32.0 Å². The Hall–Kier alpha value is -2.52. The van der Waals surface area contributed by atoms with E-state index in [1.165, 1.54) is 22.2 Å². The van der Waals surface area contributed by atoms with Gasteiger partial charge in [-0.3, -0.25) is 14.2 Å². The molecule has 9 heteroatoms. The number of thiophene rings is 1. The van der Waals surface area contributed by atoms with Gasteiger partial charge in [-0.25, -0.2) is 4.98 Å². The molecule has 1 aromatic carbocycles. The van der Waals surface area contributed by atoms with E-state index in [1.54, 1.807) is 30.1 Å². The zero-order chi connectivity index (χ0) is 23.5. The molecule has 1 aliphatic rings. The van der Waals surface area contributed by atoms with Crippen molar-refractivity contribution in [2.75, 3.05) is 20.8 Å². The lowest BCUT2D eigenvalue weighted by Gasteiger charge is -2.16. The van der Waals surface area contributed by atoms with Crippen molar-refractivity contribution in [2.45, 2.75) is 56.5 Å². The molecule has 0 bridgehead atoms. The Morgan fingerprint density at radius 1 is 1.27 bits per heavy atom. The van der Waals surface area contributed by atoms with Gasteiger partial charge in [-0.15, -0.1) is 11.3 Å². The van der Waals surface area contributed by atoms with E-state index in [4.69, 9.17) is 14.5 Å². The number of nitrogens with one attached hydrogen (secondary N) is 1. The number of rotatable bonds is 9. The van der Waals surface area contributed by atoms with Crippen molar-refractivity contribution in [3.05, 3.63) is 44.6 Å². The fourth-order valence-corrected chi connectivity index (χ4v) is 6.41. The number of methoxy groups -OCH3 is 2. The van der Waals surface area contributed by atoms with Crippen LogP contribution in [0.15, 0.2) is 28.2 Å². The highest BCUT2D eigenvalue weighted by Gasteiger charge is 2.25. The van der Waals surface area contributed by atoms with Crippen molar-refractivity contribution >= 4 is 39.2 Å². The summed E-state index contributed by atoms with van der Waals surface area (Å²) >= 11 is 2.96. The first-order chi connectivity index (χ1) is 16.0. The Balaban J connectivity index is 1.70. The van der Waals surface area contributed by atoms with Crippen LogP contribution in [0.3, 0.4) is 0 Å². The molecule has 1 unspecified atom stereocenters. The minimum absolute atomic E-state index is 0.00882. The first-order valence-electron chi connectivity index (χ1n) is 11.2. The third-order valence-electron chi connectivity index (χ3n) is 5.86. The van der Waals surface area contributed by atoms with Crippen molar-refractivity contribution < 1.29 is 14.3 Å². The Morgan fingerprint density at radius 3 is 2.79 bits per heavy atom. The van der Waals surface area contributed by atoms with Crippen LogP contribution < -0.4 is 20.3 Å². The minimum atomic E-state index is -0.353. The van der Waals surface area contributed by atoms with Gasteiger partial charge < -0.3 is 14.8 Å². The lowest BCUT2D eigenvalue weighted by molar-refractivity contribution is -0.120. The predicted octanol–water partition coefficient (Wildman–Crippen LogP) is 3.82. The molecule has 0 saturated heterocycles. The van der Waals surface area contributed by atoms with Crippen LogP contribution in [0.1, 0.15) is 36.3 Å². The topological polar surface area (TPSA) is 82.5 Å². The van der Waals surface area contributed by atoms with Gasteiger partial charge in [-0.1, -0.05) is 17.8 Å². The zero-order valence-corrected chi connectivity index (χ0v) is 21.0. The van der Waals surface area contributed by atoms with E-state index in [0.29, 0.717) is 36.2 Å². The van der Waals surface area contributed by atoms with Crippen LogP contribution in [0.5, 0.6) is 11.5 Å². The first-order valence-corrected chi connectivity index (χ1v) is 12.9. The summed E-state index contributed by atoms with van der Waals surface area (Å²) in [5.74, 6) is 1.27. The maximum absolute atomic E-state index is 13.7. The van der Waals surface area contributed by atoms with Gasteiger partial charge in [0, 0.05) is 18.0 Å². The number of nitrogens with zero attached hydrogens (tertiary/aromatic N) is 2. The fourth-order valence-electron chi connectivity index (χ4n) is 4.15. The van der Waals surface area contributed by atoms with E-state index >= 15 is 0 Å². The van der Waals surface area contributed by atoms with Gasteiger partial charge in [0.15, 0.2) is 16.7 Å². The van der Waals surface area contributed by atoms with Crippen LogP contribution in [0.2, 0.25) is 0 Å². The predicted molar refractivity (Wildman–Crippen MR) is 133 cm³/mol. The number of amides is 1. The molecular formula is C24H29N3O4S2. The molecule has 1 N–H and O–H groups in total. The van der Waals surface area contributed by atoms with E-state index in [2.05, 4.69) is 5.32 Å². The quantitative estimate of drug-likeness (QED) is 0.365. The van der Waals surface area contributed by atoms with Gasteiger partial charge in [0.2, 0.25) is 5.91 Å². The third kappa shape index (κ3) is 4.75. The molecule has 0 radical (unpaired) electrons. The average molecular weight is 488 g/mol. The van der Waals surface area contributed by atoms with Crippen LogP contribution in [0, 0.1) is 0 Å². The Labute approximate surface area is 201 Å². The zero-order valence-electron chi connectivity index (χ0n) is 19.4. The number of ether oxygens (including phenoxy) is 2. The van der Waals surface area contributed by atoms with Crippen LogP contribution in [-0.4, -0.2) is 41.5 Å². The molecule has 4 rings (SSSR count). The van der Waals surface area contributed by atoms with Gasteiger partial charge in [-0.05, 0) is 62.8 Å². The Kier molecular flexibility index (Phi) is 7.29. The molecule has 176 valence electrons. The molecule has 1 aliphatic carbocycles. The molecule has 1 atom stereocenters. The molecule has 0 fully saturated rings. The third-order valence-corrected chi connectivity index (χ3v) is 8.14. The van der Waals surface area contributed by atoms with Crippen LogP contribution in [0.25, 0.3) is 10.2 Å². The molecule has 3 aromatic rings. The number of hydrogen-bond acceptors (Lipinski definition) is 7. The number of carbonyl (C=O) groups is 1. The molecule has 2 heterocycles. The molecule has 0 spiro atoms. The standard InChI is InChI=1S/C24H29N3O4S2/c1-5-25-21(28)14(2)32-24-26-22-20(16-7-6-8-19(16)33-22)23(29)27(24)12-11-15-9-10-17(30-3)18(13-15)31-4/h9-10,13-14H,5-8,11-12H2,1-4H3,(H,25,28). The number of fused-ring (bicyclic) bond motifs is 3. The molecule has 33 heavy (non-hydrogen) atoms. The highest BCUT2D eigenvalue weighted by atomic mass is 32.2. The molecule has 7 nitrogen and oxygen atoms in total. The van der Waals surface area contributed by atoms with Crippen molar-refractivity contribution in [2.24, 2.45) is 0 Å². The molecule has 2 aromatic heterocycles. The SMILES string of the molecule is CCNC(=O)C(C)Sc1nc2sc3c(c2c(=O)n1CCc1ccc(OC)c(OC)c1)CCC3. The van der Waals surface area contributed by atoms with Gasteiger partial charge in [-0.2, -0.15) is 0 Å². The van der Waals surface area contributed by atoms with Crippen molar-refractivity contribution in [3.8, 4) is 11.5 Å². The molecular weight excluding hydrogens is 458 g/mol.